The van der Waals surface area contributed by atoms with E-state index in [0.29, 0.717) is 12.0 Å². The fourth-order valence-corrected chi connectivity index (χ4v) is 9.63. The third kappa shape index (κ3) is 9.85. The van der Waals surface area contributed by atoms with Crippen molar-refractivity contribution in [1.82, 2.24) is 0 Å². The average Bonchev–Trinajstić information content (AvgIpc) is 3.84. The maximum Gasteiger partial charge on any atom is 0.480 e. The molecule has 1 aliphatic heterocycles. The van der Waals surface area contributed by atoms with Gasteiger partial charge in [0.1, 0.15) is 0 Å². The van der Waals surface area contributed by atoms with E-state index in [4.69, 9.17) is 0 Å². The van der Waals surface area contributed by atoms with E-state index in [1.165, 1.54) is 64.0 Å². The van der Waals surface area contributed by atoms with Gasteiger partial charge in [-0.05, 0) is 88.2 Å². The molecule has 0 saturated heterocycles. The Morgan fingerprint density at radius 2 is 1.29 bits per heavy atom. The Morgan fingerprint density at radius 1 is 0.714 bits per heavy atom. The molecule has 63 heavy (non-hydrogen) atoms. The lowest BCUT2D eigenvalue weighted by atomic mass is 9.95. The van der Waals surface area contributed by atoms with Crippen molar-refractivity contribution in [2.45, 2.75) is 48.8 Å². The molecule has 0 amide bonds. The fraction of sp³-hybridized carbons (Fsp3) is 0.174. The minimum absolute atomic E-state index is 0.0593. The quantitative estimate of drug-likeness (QED) is 0.0824. The predicted octanol–water partition coefficient (Wildman–Crippen LogP) is 10.8. The Kier molecular flexibility index (Phi) is 12.7. The maximum absolute atomic E-state index is 11.4. The van der Waals surface area contributed by atoms with E-state index in [1.807, 2.05) is 30.5 Å². The highest BCUT2D eigenvalue weighted by atomic mass is 32.3. The number of aliphatic carboxylic acids is 1. The van der Waals surface area contributed by atoms with Gasteiger partial charge in [-0.1, -0.05) is 110 Å². The van der Waals surface area contributed by atoms with Crippen LogP contribution in [0, 0.1) is 0 Å². The number of carboxylic acid groups (broad SMARTS) is 1. The van der Waals surface area contributed by atoms with Crippen LogP contribution < -0.4 is 9.47 Å². The number of fused-ring (bicyclic) bond motifs is 4. The minimum atomic E-state index is -6.72. The Balaban J connectivity index is 0.000000341. The number of rotatable bonds is 10. The van der Waals surface area contributed by atoms with Crippen molar-refractivity contribution >= 4 is 72.1 Å². The van der Waals surface area contributed by atoms with Crippen molar-refractivity contribution in [1.29, 1.82) is 0 Å². The van der Waals surface area contributed by atoms with Crippen LogP contribution in [-0.4, -0.2) is 45.0 Å². The number of carbonyl (C=O) groups is 1. The first-order valence-electron chi connectivity index (χ1n) is 19.4. The van der Waals surface area contributed by atoms with Crippen molar-refractivity contribution in [2.75, 3.05) is 4.90 Å². The highest BCUT2D eigenvalue weighted by Crippen LogP contribution is 2.52. The zero-order chi connectivity index (χ0) is 45.2. The van der Waals surface area contributed by atoms with Crippen molar-refractivity contribution in [3.8, 4) is 0 Å². The molecule has 1 fully saturated rings. The van der Waals surface area contributed by atoms with Crippen LogP contribution in [0.1, 0.15) is 58.6 Å². The SMILES string of the molecule is O=C(O)C[n+]1ccc(/C=C/c2ccc3c(c2)C2CCCC2N3c2ccc(C=C(c3ccccc3)c3ccccc3)cc2)c2ccccc21.O=S(=O)([N-]S(=O)(=O)C(F)(F)F)C(F)(F)F. The number of carboxylic acids is 1. The van der Waals surface area contributed by atoms with Gasteiger partial charge in [-0.15, -0.1) is 0 Å². The first-order chi connectivity index (χ1) is 29.8. The summed E-state index contributed by atoms with van der Waals surface area (Å²) in [7, 11) is -13.4. The number of benzene rings is 5. The van der Waals surface area contributed by atoms with Gasteiger partial charge in [0.15, 0.2) is 26.2 Å². The molecule has 1 saturated carbocycles. The number of sulfonamides is 2. The summed E-state index contributed by atoms with van der Waals surface area (Å²) in [5.41, 5.74) is -0.402. The number of halogens is 6. The van der Waals surface area contributed by atoms with Gasteiger partial charge < -0.3 is 14.1 Å². The van der Waals surface area contributed by atoms with E-state index >= 15 is 0 Å². The lowest BCUT2D eigenvalue weighted by Gasteiger charge is -2.27. The molecule has 2 unspecified atom stereocenters. The molecule has 1 aromatic heterocycles. The molecular formula is C46H37F6N3O6S2. The number of pyridine rings is 1. The summed E-state index contributed by atoms with van der Waals surface area (Å²) >= 11 is 0. The molecule has 1 aliphatic carbocycles. The summed E-state index contributed by atoms with van der Waals surface area (Å²) in [6.45, 7) is -0.0593. The van der Waals surface area contributed by atoms with Crippen LogP contribution in [0.25, 0.3) is 38.8 Å². The largest absolute Gasteiger partial charge is 0.480 e. The highest BCUT2D eigenvalue weighted by molar-refractivity contribution is 8.13. The first kappa shape index (κ1) is 44.7. The van der Waals surface area contributed by atoms with Crippen LogP contribution in [0.3, 0.4) is 0 Å². The molecule has 0 bridgehead atoms. The van der Waals surface area contributed by atoms with Crippen LogP contribution >= 0.6 is 0 Å². The fourth-order valence-electron chi connectivity index (χ4n) is 7.92. The second-order valence-corrected chi connectivity index (χ2v) is 18.2. The molecule has 326 valence electrons. The number of alkyl halides is 6. The molecule has 17 heteroatoms. The average molecular weight is 906 g/mol. The van der Waals surface area contributed by atoms with Gasteiger partial charge in [-0.25, -0.2) is 21.6 Å². The number of para-hydroxylation sites is 1. The van der Waals surface area contributed by atoms with Crippen molar-refractivity contribution in [3.05, 3.63) is 177 Å². The first-order valence-corrected chi connectivity index (χ1v) is 22.2. The standard InChI is InChI=1S/C44H36N2O2.C2F6NO4S2/c47-44(48)30-45-27-26-35(37-14-7-8-16-41(37)45)22-18-31-21-25-43-40(29-31)38-15-9-17-42(38)46(43)36-23-19-32(20-24-36)28-39(33-10-3-1-4-11-33)34-12-5-2-6-13-34;3-1(4,5)14(10,11)9-15(12,13)2(6,7)8/h1-8,10-14,16,18-29,38,42H,9,15,17,30H2;/q;-1/p+1. The van der Waals surface area contributed by atoms with Crippen LogP contribution in [0.2, 0.25) is 0 Å². The molecule has 2 heterocycles. The van der Waals surface area contributed by atoms with E-state index in [1.54, 1.807) is 4.57 Å². The maximum atomic E-state index is 11.4. The molecule has 9 nitrogen and oxygen atoms in total. The molecule has 1 N–H and O–H groups in total. The number of hydrogen-bond acceptors (Lipinski definition) is 6. The molecular weight excluding hydrogens is 869 g/mol. The lowest BCUT2D eigenvalue weighted by Crippen LogP contribution is -2.38. The normalized spacial score (nSPS) is 16.3. The summed E-state index contributed by atoms with van der Waals surface area (Å²) in [6.07, 6.45) is 12.2. The van der Waals surface area contributed by atoms with Gasteiger partial charge in [0.05, 0.1) is 5.39 Å². The Bertz CT molecular complexity index is 2840. The Labute approximate surface area is 359 Å². The monoisotopic (exact) mass is 905 g/mol. The Hall–Kier alpha value is -6.30. The molecule has 6 aromatic rings. The smallest absolute Gasteiger partial charge is 0.477 e. The number of anilines is 2. The summed E-state index contributed by atoms with van der Waals surface area (Å²) < 4.78 is 111. The van der Waals surface area contributed by atoms with E-state index in [2.05, 4.69) is 132 Å². The predicted molar refractivity (Wildman–Crippen MR) is 229 cm³/mol. The van der Waals surface area contributed by atoms with E-state index in [9.17, 15) is 53.1 Å². The van der Waals surface area contributed by atoms with Gasteiger partial charge in [0.2, 0.25) is 12.1 Å². The second-order valence-electron chi connectivity index (χ2n) is 14.7. The number of aromatic nitrogens is 1. The highest BCUT2D eigenvalue weighted by Gasteiger charge is 2.47. The van der Waals surface area contributed by atoms with Gasteiger partial charge in [-0.3, -0.25) is 0 Å². The molecule has 2 aliphatic rings. The van der Waals surface area contributed by atoms with Crippen LogP contribution in [-0.2, 0) is 31.4 Å². The van der Waals surface area contributed by atoms with Gasteiger partial charge in [0.25, 0.3) is 0 Å². The van der Waals surface area contributed by atoms with Gasteiger partial charge in [0, 0.05) is 35.5 Å². The minimum Gasteiger partial charge on any atom is -0.477 e. The third-order valence-corrected chi connectivity index (χ3v) is 13.4. The van der Waals surface area contributed by atoms with Crippen LogP contribution in [0.4, 0.5) is 37.7 Å². The van der Waals surface area contributed by atoms with E-state index < -0.39 is 37.0 Å². The van der Waals surface area contributed by atoms with Crippen molar-refractivity contribution < 1.29 is 57.6 Å². The van der Waals surface area contributed by atoms with E-state index in [0.717, 1.165) is 20.6 Å². The molecule has 0 radical (unpaired) electrons. The summed E-state index contributed by atoms with van der Waals surface area (Å²) in [5.74, 6) is -0.317. The van der Waals surface area contributed by atoms with Gasteiger partial charge >= 0.3 is 17.0 Å². The summed E-state index contributed by atoms with van der Waals surface area (Å²) in [6, 6.07) is 47.7. The third-order valence-electron chi connectivity index (χ3n) is 10.7. The second kappa shape index (κ2) is 17.8. The van der Waals surface area contributed by atoms with Crippen LogP contribution in [0.15, 0.2) is 140 Å². The molecule has 8 rings (SSSR count). The van der Waals surface area contributed by atoms with Crippen molar-refractivity contribution in [3.63, 3.8) is 0 Å². The molecule has 5 aromatic carbocycles. The number of hydrogen-bond donors (Lipinski definition) is 1. The zero-order valence-electron chi connectivity index (χ0n) is 32.9. The lowest BCUT2D eigenvalue weighted by molar-refractivity contribution is -0.660. The molecule has 0 spiro atoms. The van der Waals surface area contributed by atoms with Crippen LogP contribution in [0.5, 0.6) is 0 Å². The summed E-state index contributed by atoms with van der Waals surface area (Å²) in [4.78, 5) is 14.0. The van der Waals surface area contributed by atoms with Crippen molar-refractivity contribution in [2.24, 2.45) is 0 Å². The zero-order valence-corrected chi connectivity index (χ0v) is 34.5. The Morgan fingerprint density at radius 3 is 1.87 bits per heavy atom. The topological polar surface area (TPSA) is 127 Å². The number of nitrogens with zero attached hydrogens (tertiary/aromatic N) is 3. The van der Waals surface area contributed by atoms with Gasteiger partial charge in [-0.2, -0.15) is 30.9 Å². The summed E-state index contributed by atoms with van der Waals surface area (Å²) in [5, 5.41) is 10.4. The molecule has 2 atom stereocenters. The van der Waals surface area contributed by atoms with E-state index in [-0.39, 0.29) is 6.54 Å².